The van der Waals surface area contributed by atoms with E-state index in [2.05, 4.69) is 17.5 Å². The molecule has 0 radical (unpaired) electrons. The van der Waals surface area contributed by atoms with Gasteiger partial charge in [-0.05, 0) is 36.3 Å². The van der Waals surface area contributed by atoms with Gasteiger partial charge >= 0.3 is 0 Å². The first kappa shape index (κ1) is 15.5. The fourth-order valence-corrected chi connectivity index (χ4v) is 3.91. The average molecular weight is 311 g/mol. The summed E-state index contributed by atoms with van der Waals surface area (Å²) in [5.41, 5.74) is 3.59. The van der Waals surface area contributed by atoms with Gasteiger partial charge in [0.15, 0.2) is 6.61 Å². The number of rotatable bonds is 5. The van der Waals surface area contributed by atoms with Gasteiger partial charge in [0.25, 0.3) is 0 Å². The van der Waals surface area contributed by atoms with Gasteiger partial charge in [0.1, 0.15) is 11.8 Å². The normalized spacial score (nSPS) is 28.7. The third-order valence-electron chi connectivity index (χ3n) is 5.20. The fourth-order valence-electron chi connectivity index (χ4n) is 3.91. The summed E-state index contributed by atoms with van der Waals surface area (Å²) in [5.74, 6) is 1.23. The smallest absolute Gasteiger partial charge is 0.244 e. The maximum Gasteiger partial charge on any atom is 0.244 e. The summed E-state index contributed by atoms with van der Waals surface area (Å²) >= 11 is 0. The molecule has 0 heterocycles. The molecule has 0 aliphatic heterocycles. The molecule has 2 aliphatic carbocycles. The van der Waals surface area contributed by atoms with Crippen molar-refractivity contribution in [1.29, 1.82) is 5.26 Å². The highest BCUT2D eigenvalue weighted by Crippen LogP contribution is 2.66. The Morgan fingerprint density at radius 2 is 2.35 bits per heavy atom. The molecule has 5 heteroatoms. The van der Waals surface area contributed by atoms with Gasteiger partial charge in [-0.15, -0.1) is 0 Å². The van der Waals surface area contributed by atoms with Crippen LogP contribution in [-0.4, -0.2) is 18.7 Å². The zero-order chi connectivity index (χ0) is 16.3. The highest BCUT2D eigenvalue weighted by molar-refractivity contribution is 5.87. The SMILES string of the molecule is C[C@]12CCCC[C@@H]1[C@H]2C(=O)N/N=C\c1ccccc1OCC#N. The van der Waals surface area contributed by atoms with Crippen molar-refractivity contribution < 1.29 is 9.53 Å². The Bertz CT molecular complexity index is 664. The molecule has 23 heavy (non-hydrogen) atoms. The molecule has 5 nitrogen and oxygen atoms in total. The van der Waals surface area contributed by atoms with Crippen LogP contribution in [0.25, 0.3) is 0 Å². The Morgan fingerprint density at radius 1 is 1.52 bits per heavy atom. The molecule has 3 rings (SSSR count). The minimum atomic E-state index is -0.0146. The van der Waals surface area contributed by atoms with E-state index in [0.29, 0.717) is 11.7 Å². The summed E-state index contributed by atoms with van der Waals surface area (Å²) in [6.07, 6.45) is 6.33. The Hall–Kier alpha value is -2.35. The summed E-state index contributed by atoms with van der Waals surface area (Å²) < 4.78 is 5.33. The lowest BCUT2D eigenvalue weighted by molar-refractivity contribution is -0.123. The number of hydrazone groups is 1. The summed E-state index contributed by atoms with van der Waals surface area (Å²) in [6.45, 7) is 2.20. The molecule has 1 aromatic rings. The van der Waals surface area contributed by atoms with Gasteiger partial charge < -0.3 is 4.74 Å². The van der Waals surface area contributed by atoms with Gasteiger partial charge in [-0.25, -0.2) is 5.43 Å². The molecule has 0 saturated heterocycles. The number of hydrogen-bond donors (Lipinski definition) is 1. The fraction of sp³-hybridized carbons (Fsp3) is 0.500. The van der Waals surface area contributed by atoms with E-state index in [4.69, 9.17) is 10.00 Å². The summed E-state index contributed by atoms with van der Waals surface area (Å²) in [5, 5.41) is 12.7. The van der Waals surface area contributed by atoms with E-state index in [9.17, 15) is 4.79 Å². The van der Waals surface area contributed by atoms with Gasteiger partial charge in [-0.3, -0.25) is 4.79 Å². The highest BCUT2D eigenvalue weighted by Gasteiger charge is 2.64. The Labute approximate surface area is 136 Å². The number of carbonyl (C=O) groups is 1. The maximum absolute atomic E-state index is 12.3. The second-order valence-corrected chi connectivity index (χ2v) is 6.55. The molecular formula is C18H21N3O2. The molecule has 120 valence electrons. The van der Waals surface area contributed by atoms with Crippen LogP contribution >= 0.6 is 0 Å². The Balaban J connectivity index is 1.59. The zero-order valence-electron chi connectivity index (χ0n) is 13.3. The number of nitriles is 1. The molecule has 1 N–H and O–H groups in total. The summed E-state index contributed by atoms with van der Waals surface area (Å²) in [7, 11) is 0. The minimum Gasteiger partial charge on any atom is -0.478 e. The van der Waals surface area contributed by atoms with Crippen LogP contribution in [0.2, 0.25) is 0 Å². The summed E-state index contributed by atoms with van der Waals surface area (Å²) in [4.78, 5) is 12.3. The Kier molecular flexibility index (Phi) is 4.33. The van der Waals surface area contributed by atoms with E-state index >= 15 is 0 Å². The van der Waals surface area contributed by atoms with Gasteiger partial charge in [0.2, 0.25) is 5.91 Å². The number of carbonyl (C=O) groups excluding carboxylic acids is 1. The van der Waals surface area contributed by atoms with Gasteiger partial charge in [-0.2, -0.15) is 10.4 Å². The highest BCUT2D eigenvalue weighted by atomic mass is 16.5. The van der Waals surface area contributed by atoms with Crippen molar-refractivity contribution in [2.75, 3.05) is 6.61 Å². The first-order chi connectivity index (χ1) is 11.2. The van der Waals surface area contributed by atoms with E-state index < -0.39 is 0 Å². The second-order valence-electron chi connectivity index (χ2n) is 6.55. The van der Waals surface area contributed by atoms with Crippen LogP contribution in [0.4, 0.5) is 0 Å². The number of nitrogens with zero attached hydrogens (tertiary/aromatic N) is 2. The van der Waals surface area contributed by atoms with Crippen LogP contribution in [0, 0.1) is 28.6 Å². The van der Waals surface area contributed by atoms with Crippen molar-refractivity contribution in [1.82, 2.24) is 5.43 Å². The van der Waals surface area contributed by atoms with Crippen molar-refractivity contribution in [3.05, 3.63) is 29.8 Å². The molecule has 1 amide bonds. The molecule has 2 aliphatic rings. The van der Waals surface area contributed by atoms with E-state index in [1.54, 1.807) is 12.3 Å². The van der Waals surface area contributed by atoms with Crippen molar-refractivity contribution >= 4 is 12.1 Å². The summed E-state index contributed by atoms with van der Waals surface area (Å²) in [6, 6.07) is 9.24. The predicted molar refractivity (Wildman–Crippen MR) is 86.8 cm³/mol. The molecule has 3 atom stereocenters. The first-order valence-corrected chi connectivity index (χ1v) is 8.08. The third-order valence-corrected chi connectivity index (χ3v) is 5.20. The van der Waals surface area contributed by atoms with Crippen LogP contribution in [0.3, 0.4) is 0 Å². The lowest BCUT2D eigenvalue weighted by Gasteiger charge is -2.15. The van der Waals surface area contributed by atoms with Crippen LogP contribution in [0.1, 0.15) is 38.2 Å². The van der Waals surface area contributed by atoms with Crippen molar-refractivity contribution in [3.63, 3.8) is 0 Å². The number of nitrogens with one attached hydrogen (secondary N) is 1. The molecule has 1 aromatic carbocycles. The number of para-hydroxylation sites is 1. The number of fused-ring (bicyclic) bond motifs is 1. The lowest BCUT2D eigenvalue weighted by atomic mass is 9.90. The van der Waals surface area contributed by atoms with Crippen LogP contribution < -0.4 is 10.2 Å². The number of ether oxygens (including phenoxy) is 1. The largest absolute Gasteiger partial charge is 0.478 e. The topological polar surface area (TPSA) is 74.5 Å². The van der Waals surface area contributed by atoms with Crippen molar-refractivity contribution in [2.24, 2.45) is 22.4 Å². The van der Waals surface area contributed by atoms with Crippen LogP contribution in [0.15, 0.2) is 29.4 Å². The van der Waals surface area contributed by atoms with E-state index in [-0.39, 0.29) is 23.8 Å². The molecule has 0 bridgehead atoms. The zero-order valence-corrected chi connectivity index (χ0v) is 13.3. The first-order valence-electron chi connectivity index (χ1n) is 8.08. The van der Waals surface area contributed by atoms with E-state index in [1.807, 2.05) is 24.3 Å². The quantitative estimate of drug-likeness (QED) is 0.671. The van der Waals surface area contributed by atoms with Crippen molar-refractivity contribution in [2.45, 2.75) is 32.6 Å². The van der Waals surface area contributed by atoms with Crippen LogP contribution in [0.5, 0.6) is 5.75 Å². The molecule has 0 unspecified atom stereocenters. The number of amides is 1. The average Bonchev–Trinajstić information content (AvgIpc) is 3.19. The van der Waals surface area contributed by atoms with Gasteiger partial charge in [-0.1, -0.05) is 31.9 Å². The molecule has 2 fully saturated rings. The van der Waals surface area contributed by atoms with Gasteiger partial charge in [0, 0.05) is 11.5 Å². The maximum atomic E-state index is 12.3. The number of hydrogen-bond acceptors (Lipinski definition) is 4. The standard InChI is InChI=1S/C18H21N3O2/c1-18-9-5-4-7-14(18)16(18)17(22)21-20-12-13-6-2-3-8-15(13)23-11-10-19/h2-3,6,8,12,14,16H,4-5,7,9,11H2,1H3,(H,21,22)/b20-12-/t14-,16+,18+/m1/s1. The minimum absolute atomic E-state index is 0.0146. The van der Waals surface area contributed by atoms with E-state index in [0.717, 1.165) is 18.4 Å². The number of benzene rings is 1. The predicted octanol–water partition coefficient (Wildman–Crippen LogP) is 2.87. The Morgan fingerprint density at radius 3 is 3.09 bits per heavy atom. The van der Waals surface area contributed by atoms with E-state index in [1.165, 1.54) is 12.8 Å². The molecule has 2 saturated carbocycles. The third kappa shape index (κ3) is 3.07. The monoisotopic (exact) mass is 311 g/mol. The van der Waals surface area contributed by atoms with Crippen molar-refractivity contribution in [3.8, 4) is 11.8 Å². The molecule has 0 spiro atoms. The molecule has 0 aromatic heterocycles. The molecular weight excluding hydrogens is 290 g/mol. The van der Waals surface area contributed by atoms with Gasteiger partial charge in [0.05, 0.1) is 6.21 Å². The second kappa shape index (κ2) is 6.41. The van der Waals surface area contributed by atoms with Crippen LogP contribution in [-0.2, 0) is 4.79 Å². The lowest BCUT2D eigenvalue weighted by Crippen LogP contribution is -2.22.